The van der Waals surface area contributed by atoms with Crippen LogP contribution in [0, 0.1) is 5.92 Å². The molecule has 74 valence electrons. The number of hydrogen-bond donors (Lipinski definition) is 2. The second kappa shape index (κ2) is 5.02. The van der Waals surface area contributed by atoms with E-state index in [1.807, 2.05) is 0 Å². The third kappa shape index (κ3) is 2.84. The van der Waals surface area contributed by atoms with Crippen molar-refractivity contribution in [2.24, 2.45) is 11.7 Å². The van der Waals surface area contributed by atoms with Crippen LogP contribution in [0.1, 0.15) is 25.7 Å². The lowest BCUT2D eigenvalue weighted by Crippen LogP contribution is -2.43. The Morgan fingerprint density at radius 1 is 1.54 bits per heavy atom. The molecule has 0 bridgehead atoms. The van der Waals surface area contributed by atoms with Crippen molar-refractivity contribution in [3.05, 3.63) is 12.7 Å². The maximum atomic E-state index is 11.5. The van der Waals surface area contributed by atoms with Gasteiger partial charge in [-0.2, -0.15) is 0 Å². The fourth-order valence-electron chi connectivity index (χ4n) is 1.79. The number of carbonyl (C=O) groups excluding carboxylic acids is 1. The number of nitrogens with two attached hydrogens (primary N) is 1. The van der Waals surface area contributed by atoms with E-state index in [1.165, 1.54) is 0 Å². The summed E-state index contributed by atoms with van der Waals surface area (Å²) in [5.74, 6) is 0.112. The highest BCUT2D eigenvalue weighted by molar-refractivity contribution is 5.79. The van der Waals surface area contributed by atoms with Crippen LogP contribution in [0.15, 0.2) is 12.7 Å². The van der Waals surface area contributed by atoms with Crippen LogP contribution in [0.4, 0.5) is 0 Å². The molecule has 2 atom stereocenters. The molecule has 3 heteroatoms. The topological polar surface area (TPSA) is 55.1 Å². The van der Waals surface area contributed by atoms with Crippen molar-refractivity contribution in [1.82, 2.24) is 5.32 Å². The summed E-state index contributed by atoms with van der Waals surface area (Å²) in [6.45, 7) is 4.09. The monoisotopic (exact) mass is 182 g/mol. The maximum absolute atomic E-state index is 11.5. The first-order chi connectivity index (χ1) is 6.25. The molecule has 0 spiro atoms. The fraction of sp³-hybridized carbons (Fsp3) is 0.700. The van der Waals surface area contributed by atoms with Gasteiger partial charge in [0.2, 0.25) is 5.91 Å². The largest absolute Gasteiger partial charge is 0.352 e. The molecular weight excluding hydrogens is 164 g/mol. The molecule has 3 N–H and O–H groups in total. The highest BCUT2D eigenvalue weighted by Gasteiger charge is 2.27. The van der Waals surface area contributed by atoms with Crippen LogP contribution in [0.2, 0.25) is 0 Å². The average molecular weight is 182 g/mol. The Labute approximate surface area is 79.4 Å². The third-order valence-electron chi connectivity index (χ3n) is 2.58. The zero-order chi connectivity index (χ0) is 9.68. The van der Waals surface area contributed by atoms with E-state index in [4.69, 9.17) is 5.73 Å². The molecule has 1 aliphatic rings. The first kappa shape index (κ1) is 10.3. The van der Waals surface area contributed by atoms with E-state index in [1.54, 1.807) is 6.08 Å². The van der Waals surface area contributed by atoms with E-state index < -0.39 is 0 Å². The lowest BCUT2D eigenvalue weighted by atomic mass is 9.84. The van der Waals surface area contributed by atoms with E-state index in [9.17, 15) is 4.79 Å². The Bertz CT molecular complexity index is 191. The SMILES string of the molecule is C=CCNC(=O)C1CCCCC1N. The van der Waals surface area contributed by atoms with Crippen LogP contribution in [-0.4, -0.2) is 18.5 Å². The zero-order valence-electron chi connectivity index (χ0n) is 7.96. The molecule has 0 aromatic carbocycles. The number of rotatable bonds is 3. The molecule has 1 rings (SSSR count). The summed E-state index contributed by atoms with van der Waals surface area (Å²) in [5, 5.41) is 2.80. The number of amides is 1. The number of hydrogen-bond acceptors (Lipinski definition) is 2. The molecule has 2 unspecified atom stereocenters. The minimum absolute atomic E-state index is 0.0219. The molecule has 0 heterocycles. The Morgan fingerprint density at radius 3 is 2.85 bits per heavy atom. The lowest BCUT2D eigenvalue weighted by Gasteiger charge is -2.27. The molecule has 1 amide bonds. The lowest BCUT2D eigenvalue weighted by molar-refractivity contribution is -0.126. The summed E-state index contributed by atoms with van der Waals surface area (Å²) in [6, 6.07) is 0.0542. The molecular formula is C10H18N2O. The Hall–Kier alpha value is -0.830. The standard InChI is InChI=1S/C10H18N2O/c1-2-7-12-10(13)8-5-3-4-6-9(8)11/h2,8-9H,1,3-7,11H2,(H,12,13). The van der Waals surface area contributed by atoms with Crippen molar-refractivity contribution in [3.63, 3.8) is 0 Å². The van der Waals surface area contributed by atoms with Crippen molar-refractivity contribution in [1.29, 1.82) is 0 Å². The van der Waals surface area contributed by atoms with Crippen molar-refractivity contribution in [2.75, 3.05) is 6.54 Å². The van der Waals surface area contributed by atoms with Gasteiger partial charge >= 0.3 is 0 Å². The van der Waals surface area contributed by atoms with Crippen molar-refractivity contribution >= 4 is 5.91 Å². The van der Waals surface area contributed by atoms with Crippen LogP contribution in [0.25, 0.3) is 0 Å². The second-order valence-electron chi connectivity index (χ2n) is 3.59. The first-order valence-electron chi connectivity index (χ1n) is 4.90. The predicted octanol–water partition coefficient (Wildman–Crippen LogP) is 0.806. The highest BCUT2D eigenvalue weighted by Crippen LogP contribution is 2.22. The summed E-state index contributed by atoms with van der Waals surface area (Å²) >= 11 is 0. The van der Waals surface area contributed by atoms with Gasteiger partial charge in [-0.15, -0.1) is 6.58 Å². The van der Waals surface area contributed by atoms with Crippen LogP contribution in [0.3, 0.4) is 0 Å². The van der Waals surface area contributed by atoms with Crippen LogP contribution in [-0.2, 0) is 4.79 Å². The summed E-state index contributed by atoms with van der Waals surface area (Å²) in [4.78, 5) is 11.5. The summed E-state index contributed by atoms with van der Waals surface area (Å²) in [6.07, 6.45) is 5.88. The van der Waals surface area contributed by atoms with E-state index in [0.717, 1.165) is 25.7 Å². The zero-order valence-corrected chi connectivity index (χ0v) is 7.96. The third-order valence-corrected chi connectivity index (χ3v) is 2.58. The van der Waals surface area contributed by atoms with Crippen molar-refractivity contribution < 1.29 is 4.79 Å². The fourth-order valence-corrected chi connectivity index (χ4v) is 1.79. The molecule has 0 aromatic rings. The number of nitrogens with one attached hydrogen (secondary N) is 1. The molecule has 1 fully saturated rings. The van der Waals surface area contributed by atoms with E-state index in [-0.39, 0.29) is 17.9 Å². The average Bonchev–Trinajstić information content (AvgIpc) is 2.15. The quantitative estimate of drug-likeness (QED) is 0.634. The summed E-state index contributed by atoms with van der Waals surface area (Å²) in [5.41, 5.74) is 5.86. The van der Waals surface area contributed by atoms with Gasteiger partial charge in [0.1, 0.15) is 0 Å². The molecule has 1 aliphatic carbocycles. The summed E-state index contributed by atoms with van der Waals surface area (Å²) in [7, 11) is 0. The molecule has 3 nitrogen and oxygen atoms in total. The van der Waals surface area contributed by atoms with Crippen molar-refractivity contribution in [3.8, 4) is 0 Å². The van der Waals surface area contributed by atoms with E-state index in [0.29, 0.717) is 6.54 Å². The van der Waals surface area contributed by atoms with E-state index >= 15 is 0 Å². The first-order valence-corrected chi connectivity index (χ1v) is 4.90. The van der Waals surface area contributed by atoms with Gasteiger partial charge in [-0.25, -0.2) is 0 Å². The van der Waals surface area contributed by atoms with Gasteiger partial charge in [0.25, 0.3) is 0 Å². The van der Waals surface area contributed by atoms with Crippen molar-refractivity contribution in [2.45, 2.75) is 31.7 Å². The Balaban J connectivity index is 2.39. The summed E-state index contributed by atoms with van der Waals surface area (Å²) < 4.78 is 0. The van der Waals surface area contributed by atoms with Gasteiger partial charge in [-0.1, -0.05) is 18.9 Å². The highest BCUT2D eigenvalue weighted by atomic mass is 16.1. The molecule has 1 saturated carbocycles. The van der Waals surface area contributed by atoms with Gasteiger partial charge in [0.15, 0.2) is 0 Å². The van der Waals surface area contributed by atoms with Crippen LogP contribution < -0.4 is 11.1 Å². The molecule has 0 aliphatic heterocycles. The normalized spacial score (nSPS) is 28.1. The second-order valence-corrected chi connectivity index (χ2v) is 3.59. The minimum Gasteiger partial charge on any atom is -0.352 e. The molecule has 0 radical (unpaired) electrons. The number of carbonyl (C=O) groups is 1. The van der Waals surface area contributed by atoms with E-state index in [2.05, 4.69) is 11.9 Å². The Morgan fingerprint density at radius 2 is 2.23 bits per heavy atom. The minimum atomic E-state index is 0.0219. The predicted molar refractivity (Wildman–Crippen MR) is 53.1 cm³/mol. The van der Waals surface area contributed by atoms with Gasteiger partial charge in [0, 0.05) is 12.6 Å². The van der Waals surface area contributed by atoms with Gasteiger partial charge in [-0.3, -0.25) is 4.79 Å². The van der Waals surface area contributed by atoms with Crippen LogP contribution in [0.5, 0.6) is 0 Å². The molecule has 13 heavy (non-hydrogen) atoms. The maximum Gasteiger partial charge on any atom is 0.224 e. The van der Waals surface area contributed by atoms with Gasteiger partial charge in [-0.05, 0) is 12.8 Å². The molecule has 0 saturated heterocycles. The smallest absolute Gasteiger partial charge is 0.224 e. The van der Waals surface area contributed by atoms with Gasteiger partial charge in [0.05, 0.1) is 5.92 Å². The van der Waals surface area contributed by atoms with Gasteiger partial charge < -0.3 is 11.1 Å². The van der Waals surface area contributed by atoms with Crippen LogP contribution >= 0.6 is 0 Å². The molecule has 0 aromatic heterocycles. The Kier molecular flexibility index (Phi) is 3.96.